The van der Waals surface area contributed by atoms with Crippen LogP contribution in [0.1, 0.15) is 44.8 Å². The van der Waals surface area contributed by atoms with Crippen molar-refractivity contribution >= 4 is 33.3 Å². The first-order valence-corrected chi connectivity index (χ1v) is 14.0. The van der Waals surface area contributed by atoms with E-state index in [0.717, 1.165) is 6.26 Å². The van der Waals surface area contributed by atoms with Crippen molar-refractivity contribution in [1.29, 1.82) is 0 Å². The minimum atomic E-state index is -3.31. The zero-order valence-electron chi connectivity index (χ0n) is 20.1. The number of nitrogens with zero attached hydrogens (tertiary/aromatic N) is 3. The molecule has 12 heteroatoms. The van der Waals surface area contributed by atoms with Crippen LogP contribution in [0.5, 0.6) is 5.75 Å². The van der Waals surface area contributed by atoms with Gasteiger partial charge >= 0.3 is 0 Å². The standard InChI is InChI=1S/C24H27ClFN3O6S/c1-35-21-19-16(7-10-28(22(19)30)14-15-5-6-18(26)17(25)13-15)20-23(31)27(11-12-36(2,33)34)8-3-4-9-29(20)24(21)32/h5-6,13H,3-4,7-12,14H2,1-2H3. The Balaban J connectivity index is 1.77. The number of methoxy groups -OCH3 is 1. The van der Waals surface area contributed by atoms with E-state index < -0.39 is 33.0 Å². The molecule has 1 aromatic carbocycles. The summed E-state index contributed by atoms with van der Waals surface area (Å²) < 4.78 is 43.8. The molecule has 0 N–H and O–H groups in total. The first-order valence-electron chi connectivity index (χ1n) is 11.6. The van der Waals surface area contributed by atoms with Crippen molar-refractivity contribution in [2.75, 3.05) is 38.8 Å². The van der Waals surface area contributed by atoms with Gasteiger partial charge in [-0.15, -0.1) is 0 Å². The second kappa shape index (κ2) is 10.2. The number of hydrogen-bond donors (Lipinski definition) is 0. The molecule has 2 aromatic rings. The Labute approximate surface area is 213 Å². The van der Waals surface area contributed by atoms with Crippen LogP contribution in [0.2, 0.25) is 5.02 Å². The van der Waals surface area contributed by atoms with Crippen LogP contribution in [0.4, 0.5) is 4.39 Å². The molecule has 2 amide bonds. The van der Waals surface area contributed by atoms with Crippen LogP contribution in [-0.2, 0) is 29.3 Å². The molecule has 2 aliphatic heterocycles. The molecule has 194 valence electrons. The summed E-state index contributed by atoms with van der Waals surface area (Å²) in [4.78, 5) is 43.5. The van der Waals surface area contributed by atoms with Gasteiger partial charge in [0.1, 0.15) is 21.3 Å². The molecule has 0 radical (unpaired) electrons. The van der Waals surface area contributed by atoms with E-state index >= 15 is 0 Å². The number of amides is 2. The first-order chi connectivity index (χ1) is 17.0. The van der Waals surface area contributed by atoms with Crippen LogP contribution >= 0.6 is 11.6 Å². The van der Waals surface area contributed by atoms with Gasteiger partial charge in [0.15, 0.2) is 5.75 Å². The third-order valence-electron chi connectivity index (χ3n) is 6.50. The molecule has 0 saturated carbocycles. The normalized spacial score (nSPS) is 16.3. The van der Waals surface area contributed by atoms with Gasteiger partial charge in [0, 0.05) is 44.5 Å². The van der Waals surface area contributed by atoms with Gasteiger partial charge in [0.2, 0.25) is 0 Å². The maximum absolute atomic E-state index is 13.6. The van der Waals surface area contributed by atoms with E-state index in [0.29, 0.717) is 30.5 Å². The van der Waals surface area contributed by atoms with E-state index in [-0.39, 0.29) is 60.4 Å². The maximum atomic E-state index is 13.6. The number of ether oxygens (including phenoxy) is 1. The minimum Gasteiger partial charge on any atom is -0.490 e. The van der Waals surface area contributed by atoms with Crippen molar-refractivity contribution in [3.8, 4) is 5.75 Å². The fourth-order valence-corrected chi connectivity index (χ4v) is 5.45. The summed E-state index contributed by atoms with van der Waals surface area (Å²) in [5.74, 6) is -1.85. The second-order valence-corrected chi connectivity index (χ2v) is 11.7. The van der Waals surface area contributed by atoms with Crippen LogP contribution in [-0.4, -0.2) is 73.4 Å². The van der Waals surface area contributed by atoms with Crippen LogP contribution in [0.25, 0.3) is 0 Å². The van der Waals surface area contributed by atoms with Crippen LogP contribution in [0.15, 0.2) is 23.0 Å². The zero-order chi connectivity index (χ0) is 26.2. The molecule has 0 unspecified atom stereocenters. The number of aromatic nitrogens is 1. The fraction of sp³-hybridized carbons (Fsp3) is 0.458. The van der Waals surface area contributed by atoms with Crippen molar-refractivity contribution in [2.45, 2.75) is 32.4 Å². The van der Waals surface area contributed by atoms with E-state index in [1.54, 1.807) is 0 Å². The number of sulfone groups is 1. The second-order valence-electron chi connectivity index (χ2n) is 9.05. The van der Waals surface area contributed by atoms with Crippen molar-refractivity contribution < 1.29 is 27.1 Å². The molecular weight excluding hydrogens is 513 g/mol. The van der Waals surface area contributed by atoms with Gasteiger partial charge in [-0.3, -0.25) is 14.4 Å². The highest BCUT2D eigenvalue weighted by atomic mass is 35.5. The van der Waals surface area contributed by atoms with Gasteiger partial charge in [-0.2, -0.15) is 0 Å². The lowest BCUT2D eigenvalue weighted by Crippen LogP contribution is -2.45. The molecule has 0 saturated heterocycles. The fourth-order valence-electron chi connectivity index (χ4n) is 4.70. The van der Waals surface area contributed by atoms with Crippen molar-refractivity contribution in [1.82, 2.24) is 14.4 Å². The van der Waals surface area contributed by atoms with Gasteiger partial charge in [-0.25, -0.2) is 12.8 Å². The SMILES string of the molecule is COc1c2c(c3n(c1=O)CCCCN(CCS(C)(=O)=O)C3=O)CCN(Cc1ccc(F)c(Cl)c1)C2=O. The predicted octanol–water partition coefficient (Wildman–Crippen LogP) is 2.13. The average molecular weight is 540 g/mol. The van der Waals surface area contributed by atoms with Crippen LogP contribution in [0.3, 0.4) is 0 Å². The minimum absolute atomic E-state index is 0.00193. The quantitative estimate of drug-likeness (QED) is 0.557. The Kier molecular flexibility index (Phi) is 7.42. The van der Waals surface area contributed by atoms with Gasteiger partial charge in [-0.1, -0.05) is 17.7 Å². The summed E-state index contributed by atoms with van der Waals surface area (Å²) in [5, 5.41) is -0.0608. The van der Waals surface area contributed by atoms with Gasteiger partial charge in [0.05, 0.1) is 23.4 Å². The van der Waals surface area contributed by atoms with E-state index in [9.17, 15) is 27.2 Å². The number of carbonyl (C=O) groups is 2. The molecule has 0 atom stereocenters. The number of pyridine rings is 1. The predicted molar refractivity (Wildman–Crippen MR) is 132 cm³/mol. The first kappa shape index (κ1) is 26.2. The van der Waals surface area contributed by atoms with Crippen molar-refractivity contribution in [2.24, 2.45) is 0 Å². The maximum Gasteiger partial charge on any atom is 0.294 e. The molecule has 2 aliphatic rings. The number of rotatable bonds is 6. The Morgan fingerprint density at radius 2 is 1.78 bits per heavy atom. The summed E-state index contributed by atoms with van der Waals surface area (Å²) in [6.07, 6.45) is 2.60. The summed E-state index contributed by atoms with van der Waals surface area (Å²) in [5.41, 5.74) is 0.598. The number of halogens is 2. The van der Waals surface area contributed by atoms with Crippen LogP contribution < -0.4 is 10.3 Å². The topological polar surface area (TPSA) is 106 Å². The average Bonchev–Trinajstić information content (AvgIpc) is 2.81. The third-order valence-corrected chi connectivity index (χ3v) is 7.71. The lowest BCUT2D eigenvalue weighted by molar-refractivity contribution is 0.0711. The molecule has 0 fully saturated rings. The lowest BCUT2D eigenvalue weighted by Gasteiger charge is -2.34. The summed E-state index contributed by atoms with van der Waals surface area (Å²) in [6.45, 7) is 1.03. The van der Waals surface area contributed by atoms with E-state index in [4.69, 9.17) is 16.3 Å². The summed E-state index contributed by atoms with van der Waals surface area (Å²) >= 11 is 5.89. The third kappa shape index (κ3) is 5.12. The number of fused-ring (bicyclic) bond motifs is 3. The lowest BCUT2D eigenvalue weighted by atomic mass is 9.94. The monoisotopic (exact) mass is 539 g/mol. The van der Waals surface area contributed by atoms with E-state index in [2.05, 4.69) is 0 Å². The van der Waals surface area contributed by atoms with E-state index in [1.165, 1.54) is 39.7 Å². The molecule has 9 nitrogen and oxygen atoms in total. The van der Waals surface area contributed by atoms with E-state index in [1.807, 2.05) is 0 Å². The number of hydrogen-bond acceptors (Lipinski definition) is 6. The Bertz CT molecular complexity index is 1390. The van der Waals surface area contributed by atoms with Gasteiger partial charge in [-0.05, 0) is 37.0 Å². The zero-order valence-corrected chi connectivity index (χ0v) is 21.6. The highest BCUT2D eigenvalue weighted by Crippen LogP contribution is 2.31. The Morgan fingerprint density at radius 1 is 1.06 bits per heavy atom. The Morgan fingerprint density at radius 3 is 2.44 bits per heavy atom. The highest BCUT2D eigenvalue weighted by molar-refractivity contribution is 7.90. The molecule has 1 aromatic heterocycles. The largest absolute Gasteiger partial charge is 0.490 e. The number of carbonyl (C=O) groups excluding carboxylic acids is 2. The Hall–Kier alpha value is -2.92. The van der Waals surface area contributed by atoms with Gasteiger partial charge in [0.25, 0.3) is 17.4 Å². The molecule has 0 spiro atoms. The molecule has 4 rings (SSSR count). The summed E-state index contributed by atoms with van der Waals surface area (Å²) in [6, 6.07) is 4.19. The highest BCUT2D eigenvalue weighted by Gasteiger charge is 2.37. The van der Waals surface area contributed by atoms with Crippen molar-refractivity contribution in [3.63, 3.8) is 0 Å². The molecule has 36 heavy (non-hydrogen) atoms. The van der Waals surface area contributed by atoms with Gasteiger partial charge < -0.3 is 19.1 Å². The molecular formula is C24H27ClFN3O6S. The van der Waals surface area contributed by atoms with Crippen molar-refractivity contribution in [3.05, 3.63) is 61.8 Å². The molecule has 0 bridgehead atoms. The summed E-state index contributed by atoms with van der Waals surface area (Å²) in [7, 11) is -2.00. The smallest absolute Gasteiger partial charge is 0.294 e. The van der Waals surface area contributed by atoms with Crippen LogP contribution in [0, 0.1) is 5.82 Å². The molecule has 0 aliphatic carbocycles. The molecule has 3 heterocycles. The number of benzene rings is 1.